The average Bonchev–Trinajstić information content (AvgIpc) is 2.95. The summed E-state index contributed by atoms with van der Waals surface area (Å²) in [6, 6.07) is 14.2. The van der Waals surface area contributed by atoms with Crippen molar-refractivity contribution < 1.29 is 4.74 Å². The molecule has 3 rings (SSSR count). The van der Waals surface area contributed by atoms with E-state index >= 15 is 0 Å². The Labute approximate surface area is 107 Å². The number of nitrogens with one attached hydrogen (secondary N) is 1. The fraction of sp³-hybridized carbons (Fsp3) is 0.267. The predicted molar refractivity (Wildman–Crippen MR) is 70.7 cm³/mol. The van der Waals surface area contributed by atoms with Crippen molar-refractivity contribution in [3.63, 3.8) is 0 Å². The molecule has 1 aliphatic heterocycles. The summed E-state index contributed by atoms with van der Waals surface area (Å²) >= 11 is 0. The van der Waals surface area contributed by atoms with Gasteiger partial charge in [-0.25, -0.2) is 4.98 Å². The number of nitrogens with zero attached hydrogens (tertiary/aromatic N) is 1. The molecule has 1 fully saturated rings. The Morgan fingerprint density at radius 3 is 2.67 bits per heavy atom. The molecule has 0 saturated carbocycles. The maximum absolute atomic E-state index is 5.66. The molecule has 2 aromatic rings. The summed E-state index contributed by atoms with van der Waals surface area (Å²) < 4.78 is 5.66. The maximum Gasteiger partial charge on any atom is 0.219 e. The number of para-hydroxylation sites is 1. The Morgan fingerprint density at radius 2 is 2.00 bits per heavy atom. The van der Waals surface area contributed by atoms with E-state index in [2.05, 4.69) is 16.4 Å². The smallest absolute Gasteiger partial charge is 0.219 e. The summed E-state index contributed by atoms with van der Waals surface area (Å²) in [5.41, 5.74) is 1.24. The molecule has 92 valence electrons. The highest BCUT2D eigenvalue weighted by atomic mass is 16.5. The Kier molecular flexibility index (Phi) is 3.24. The third-order valence-electron chi connectivity index (χ3n) is 3.19. The normalized spacial score (nSPS) is 18.8. The van der Waals surface area contributed by atoms with Crippen LogP contribution in [0.3, 0.4) is 0 Å². The van der Waals surface area contributed by atoms with E-state index in [1.165, 1.54) is 18.4 Å². The van der Waals surface area contributed by atoms with Gasteiger partial charge in [0.15, 0.2) is 0 Å². The first kappa shape index (κ1) is 11.2. The highest BCUT2D eigenvalue weighted by molar-refractivity contribution is 5.28. The first-order chi connectivity index (χ1) is 8.92. The third-order valence-corrected chi connectivity index (χ3v) is 3.19. The molecule has 1 aromatic carbocycles. The molecule has 1 aliphatic rings. The van der Waals surface area contributed by atoms with Crippen molar-refractivity contribution >= 4 is 0 Å². The van der Waals surface area contributed by atoms with Gasteiger partial charge in [-0.05, 0) is 37.1 Å². The van der Waals surface area contributed by atoms with Gasteiger partial charge in [0.25, 0.3) is 0 Å². The standard InChI is InChI=1S/C15H16N2O/c1-2-5-13(6-3-1)18-15-9-8-12(11-17-15)14-7-4-10-16-14/h1-3,5-6,8-9,11,14,16H,4,7,10H2/t14-/m1/s1. The van der Waals surface area contributed by atoms with Crippen LogP contribution in [0.4, 0.5) is 0 Å². The quantitative estimate of drug-likeness (QED) is 0.893. The van der Waals surface area contributed by atoms with Crippen molar-refractivity contribution in [3.05, 3.63) is 54.2 Å². The average molecular weight is 240 g/mol. The Bertz CT molecular complexity index is 490. The van der Waals surface area contributed by atoms with E-state index in [1.807, 2.05) is 42.6 Å². The van der Waals surface area contributed by atoms with Crippen molar-refractivity contribution in [2.75, 3.05) is 6.54 Å². The zero-order valence-corrected chi connectivity index (χ0v) is 10.2. The van der Waals surface area contributed by atoms with Crippen LogP contribution in [0.15, 0.2) is 48.7 Å². The van der Waals surface area contributed by atoms with Crippen LogP contribution >= 0.6 is 0 Å². The number of hydrogen-bond donors (Lipinski definition) is 1. The number of pyridine rings is 1. The molecule has 18 heavy (non-hydrogen) atoms. The first-order valence-electron chi connectivity index (χ1n) is 6.34. The SMILES string of the molecule is c1ccc(Oc2ccc([C@H]3CCCN3)cn2)cc1. The topological polar surface area (TPSA) is 34.1 Å². The molecule has 0 unspecified atom stereocenters. The van der Waals surface area contributed by atoms with Crippen LogP contribution in [0.5, 0.6) is 11.6 Å². The fourth-order valence-corrected chi connectivity index (χ4v) is 2.24. The molecule has 0 amide bonds. The molecule has 1 aromatic heterocycles. The molecule has 2 heterocycles. The van der Waals surface area contributed by atoms with Gasteiger partial charge in [-0.1, -0.05) is 24.3 Å². The lowest BCUT2D eigenvalue weighted by molar-refractivity contribution is 0.461. The lowest BCUT2D eigenvalue weighted by Gasteiger charge is -2.10. The lowest BCUT2D eigenvalue weighted by atomic mass is 10.1. The molecule has 1 saturated heterocycles. The second-order valence-electron chi connectivity index (χ2n) is 4.49. The maximum atomic E-state index is 5.66. The van der Waals surface area contributed by atoms with Gasteiger partial charge in [0, 0.05) is 18.3 Å². The predicted octanol–water partition coefficient (Wildman–Crippen LogP) is 3.30. The van der Waals surface area contributed by atoms with Gasteiger partial charge in [0.05, 0.1) is 0 Å². The van der Waals surface area contributed by atoms with E-state index < -0.39 is 0 Å². The number of benzene rings is 1. The zero-order valence-electron chi connectivity index (χ0n) is 10.2. The molecule has 0 bridgehead atoms. The van der Waals surface area contributed by atoms with Crippen LogP contribution in [-0.4, -0.2) is 11.5 Å². The van der Waals surface area contributed by atoms with Crippen LogP contribution in [0.1, 0.15) is 24.4 Å². The van der Waals surface area contributed by atoms with Gasteiger partial charge in [-0.15, -0.1) is 0 Å². The van der Waals surface area contributed by atoms with Crippen molar-refractivity contribution in [1.29, 1.82) is 0 Å². The molecule has 0 spiro atoms. The highest BCUT2D eigenvalue weighted by Gasteiger charge is 2.16. The van der Waals surface area contributed by atoms with E-state index in [-0.39, 0.29) is 0 Å². The Balaban J connectivity index is 1.71. The molecular weight excluding hydrogens is 224 g/mol. The van der Waals surface area contributed by atoms with Crippen molar-refractivity contribution in [2.24, 2.45) is 0 Å². The minimum absolute atomic E-state index is 0.461. The van der Waals surface area contributed by atoms with Gasteiger partial charge in [0.1, 0.15) is 5.75 Å². The van der Waals surface area contributed by atoms with E-state index in [0.717, 1.165) is 12.3 Å². The van der Waals surface area contributed by atoms with E-state index in [0.29, 0.717) is 11.9 Å². The van der Waals surface area contributed by atoms with Crippen LogP contribution in [-0.2, 0) is 0 Å². The van der Waals surface area contributed by atoms with Crippen molar-refractivity contribution in [2.45, 2.75) is 18.9 Å². The van der Waals surface area contributed by atoms with Gasteiger partial charge in [0.2, 0.25) is 5.88 Å². The van der Waals surface area contributed by atoms with Crippen LogP contribution in [0, 0.1) is 0 Å². The summed E-state index contributed by atoms with van der Waals surface area (Å²) in [5, 5.41) is 3.46. The fourth-order valence-electron chi connectivity index (χ4n) is 2.24. The second kappa shape index (κ2) is 5.19. The lowest BCUT2D eigenvalue weighted by Crippen LogP contribution is -2.12. The van der Waals surface area contributed by atoms with Gasteiger partial charge in [-0.3, -0.25) is 0 Å². The molecule has 3 nitrogen and oxygen atoms in total. The van der Waals surface area contributed by atoms with Crippen LogP contribution < -0.4 is 10.1 Å². The van der Waals surface area contributed by atoms with Gasteiger partial charge < -0.3 is 10.1 Å². The number of ether oxygens (including phenoxy) is 1. The molecule has 3 heteroatoms. The number of hydrogen-bond acceptors (Lipinski definition) is 3. The van der Waals surface area contributed by atoms with Crippen LogP contribution in [0.25, 0.3) is 0 Å². The summed E-state index contributed by atoms with van der Waals surface area (Å²) in [5.74, 6) is 1.46. The summed E-state index contributed by atoms with van der Waals surface area (Å²) in [4.78, 5) is 4.36. The van der Waals surface area contributed by atoms with Crippen molar-refractivity contribution in [3.8, 4) is 11.6 Å². The van der Waals surface area contributed by atoms with E-state index in [4.69, 9.17) is 4.74 Å². The molecule has 0 aliphatic carbocycles. The summed E-state index contributed by atoms with van der Waals surface area (Å²) in [7, 11) is 0. The third kappa shape index (κ3) is 2.51. The number of rotatable bonds is 3. The second-order valence-corrected chi connectivity index (χ2v) is 4.49. The van der Waals surface area contributed by atoms with Gasteiger partial charge in [-0.2, -0.15) is 0 Å². The highest BCUT2D eigenvalue weighted by Crippen LogP contribution is 2.24. The molecule has 1 N–H and O–H groups in total. The minimum atomic E-state index is 0.461. The molecule has 0 radical (unpaired) electrons. The van der Waals surface area contributed by atoms with E-state index in [9.17, 15) is 0 Å². The molecular formula is C15H16N2O. The van der Waals surface area contributed by atoms with Crippen molar-refractivity contribution in [1.82, 2.24) is 10.3 Å². The van der Waals surface area contributed by atoms with Gasteiger partial charge >= 0.3 is 0 Å². The molecule has 1 atom stereocenters. The van der Waals surface area contributed by atoms with E-state index in [1.54, 1.807) is 0 Å². The Morgan fingerprint density at radius 1 is 1.11 bits per heavy atom. The van der Waals surface area contributed by atoms with Crippen LogP contribution in [0.2, 0.25) is 0 Å². The Hall–Kier alpha value is -1.87. The number of aromatic nitrogens is 1. The summed E-state index contributed by atoms with van der Waals surface area (Å²) in [6.07, 6.45) is 4.34. The monoisotopic (exact) mass is 240 g/mol. The summed E-state index contributed by atoms with van der Waals surface area (Å²) in [6.45, 7) is 1.10. The first-order valence-corrected chi connectivity index (χ1v) is 6.34. The zero-order chi connectivity index (χ0) is 12.2. The minimum Gasteiger partial charge on any atom is -0.439 e. The largest absolute Gasteiger partial charge is 0.439 e.